The molecule has 2 N–H and O–H groups in total. The van der Waals surface area contributed by atoms with Crippen molar-refractivity contribution < 1.29 is 22.7 Å². The van der Waals surface area contributed by atoms with Crippen LogP contribution in [0.1, 0.15) is 29.8 Å². The number of nitrogens with one attached hydrogen (secondary N) is 2. The minimum absolute atomic E-state index is 0.0604. The highest BCUT2D eigenvalue weighted by Crippen LogP contribution is 2.26. The predicted molar refractivity (Wildman–Crippen MR) is 141 cm³/mol. The first-order valence-corrected chi connectivity index (χ1v) is 13.0. The van der Waals surface area contributed by atoms with Crippen LogP contribution in [0.4, 0.5) is 11.4 Å². The second-order valence-corrected chi connectivity index (χ2v) is 10.6. The zero-order valence-electron chi connectivity index (χ0n) is 20.8. The third-order valence-electron chi connectivity index (χ3n) is 5.37. The predicted octanol–water partition coefficient (Wildman–Crippen LogP) is 4.22. The Hall–Kier alpha value is -3.85. The summed E-state index contributed by atoms with van der Waals surface area (Å²) in [6.07, 6.45) is 0. The van der Waals surface area contributed by atoms with Crippen LogP contribution in [0.15, 0.2) is 77.7 Å². The molecule has 2 amide bonds. The number of nitrogens with zero attached hydrogens (tertiary/aromatic N) is 1. The van der Waals surface area contributed by atoms with E-state index < -0.39 is 22.5 Å². The van der Waals surface area contributed by atoms with Gasteiger partial charge in [-0.2, -0.15) is 0 Å². The number of rotatable bonds is 10. The molecule has 0 aliphatic carbocycles. The molecule has 0 bridgehead atoms. The number of para-hydroxylation sites is 1. The lowest BCUT2D eigenvalue weighted by Gasteiger charge is -2.24. The van der Waals surface area contributed by atoms with Crippen LogP contribution in [0.5, 0.6) is 5.75 Å². The highest BCUT2D eigenvalue weighted by atomic mass is 32.2. The van der Waals surface area contributed by atoms with Crippen LogP contribution in [0.25, 0.3) is 0 Å². The number of hydrogen-bond donors (Lipinski definition) is 2. The van der Waals surface area contributed by atoms with Gasteiger partial charge in [-0.25, -0.2) is 8.42 Å². The van der Waals surface area contributed by atoms with Gasteiger partial charge in [-0.15, -0.1) is 0 Å². The van der Waals surface area contributed by atoms with E-state index in [2.05, 4.69) is 10.6 Å². The summed E-state index contributed by atoms with van der Waals surface area (Å²) in [7, 11) is -2.56. The normalized spacial score (nSPS) is 11.1. The summed E-state index contributed by atoms with van der Waals surface area (Å²) < 4.78 is 33.3. The Labute approximate surface area is 212 Å². The summed E-state index contributed by atoms with van der Waals surface area (Å²) in [5, 5.41) is 5.54. The molecule has 0 aromatic heterocycles. The lowest BCUT2D eigenvalue weighted by atomic mass is 10.1. The van der Waals surface area contributed by atoms with Crippen LogP contribution in [-0.4, -0.2) is 40.4 Å². The van der Waals surface area contributed by atoms with Crippen LogP contribution >= 0.6 is 0 Å². The first kappa shape index (κ1) is 26.7. The maximum atomic E-state index is 13.6. The van der Waals surface area contributed by atoms with Gasteiger partial charge in [0.15, 0.2) is 0 Å². The van der Waals surface area contributed by atoms with Crippen LogP contribution in [0.3, 0.4) is 0 Å². The van der Waals surface area contributed by atoms with Crippen molar-refractivity contribution in [3.8, 4) is 5.75 Å². The molecule has 0 saturated heterocycles. The summed E-state index contributed by atoms with van der Waals surface area (Å²) in [6.45, 7) is 5.82. The molecule has 0 fully saturated rings. The fourth-order valence-corrected chi connectivity index (χ4v) is 4.82. The standard InChI is InChI=1S/C27H31N3O5S/c1-19(2)17-28-27(32)24-7-5-6-8-25(24)29-26(31)18-30(21-11-13-22(35-4)14-12-21)36(33,34)23-15-9-20(3)10-16-23/h5-16,19H,17-18H2,1-4H3,(H,28,32)(H,29,31). The van der Waals surface area contributed by atoms with Gasteiger partial charge in [0.1, 0.15) is 12.3 Å². The summed E-state index contributed by atoms with van der Waals surface area (Å²) in [4.78, 5) is 25.8. The smallest absolute Gasteiger partial charge is 0.264 e. The third kappa shape index (κ3) is 6.63. The SMILES string of the molecule is COc1ccc(N(CC(=O)Nc2ccccc2C(=O)NCC(C)C)S(=O)(=O)c2ccc(C)cc2)cc1. The van der Waals surface area contributed by atoms with Crippen molar-refractivity contribution in [3.63, 3.8) is 0 Å². The van der Waals surface area contributed by atoms with Crippen molar-refractivity contribution in [2.24, 2.45) is 5.92 Å². The number of sulfonamides is 1. The summed E-state index contributed by atoms with van der Waals surface area (Å²) in [5.74, 6) is -0.0949. The van der Waals surface area contributed by atoms with Crippen molar-refractivity contribution in [1.29, 1.82) is 0 Å². The number of carbonyl (C=O) groups excluding carboxylic acids is 2. The molecule has 3 aromatic rings. The molecular formula is C27H31N3O5S. The Balaban J connectivity index is 1.90. The van der Waals surface area contributed by atoms with Gasteiger partial charge in [0, 0.05) is 6.54 Å². The maximum Gasteiger partial charge on any atom is 0.264 e. The number of amides is 2. The van der Waals surface area contributed by atoms with Crippen LogP contribution in [0.2, 0.25) is 0 Å². The summed E-state index contributed by atoms with van der Waals surface area (Å²) >= 11 is 0. The first-order valence-electron chi connectivity index (χ1n) is 11.5. The maximum absolute atomic E-state index is 13.6. The van der Waals surface area contributed by atoms with Crippen LogP contribution < -0.4 is 19.7 Å². The van der Waals surface area contributed by atoms with Gasteiger partial charge in [0.2, 0.25) is 5.91 Å². The Kier molecular flexibility index (Phi) is 8.71. The van der Waals surface area contributed by atoms with Gasteiger partial charge >= 0.3 is 0 Å². The molecule has 0 unspecified atom stereocenters. The molecule has 0 radical (unpaired) electrons. The van der Waals surface area contributed by atoms with Crippen molar-refractivity contribution in [3.05, 3.63) is 83.9 Å². The van der Waals surface area contributed by atoms with E-state index in [1.54, 1.807) is 60.7 Å². The van der Waals surface area contributed by atoms with Crippen molar-refractivity contribution in [2.45, 2.75) is 25.7 Å². The zero-order chi connectivity index (χ0) is 26.3. The second kappa shape index (κ2) is 11.7. The topological polar surface area (TPSA) is 105 Å². The average molecular weight is 510 g/mol. The average Bonchev–Trinajstić information content (AvgIpc) is 2.86. The molecule has 36 heavy (non-hydrogen) atoms. The third-order valence-corrected chi connectivity index (χ3v) is 7.16. The van der Waals surface area contributed by atoms with Crippen molar-refractivity contribution >= 4 is 33.2 Å². The Morgan fingerprint density at radius 3 is 2.19 bits per heavy atom. The molecule has 3 rings (SSSR count). The number of ether oxygens (including phenoxy) is 1. The Morgan fingerprint density at radius 1 is 0.944 bits per heavy atom. The monoisotopic (exact) mass is 509 g/mol. The number of hydrogen-bond acceptors (Lipinski definition) is 5. The molecule has 8 nitrogen and oxygen atoms in total. The van der Waals surface area contributed by atoms with Crippen molar-refractivity contribution in [1.82, 2.24) is 5.32 Å². The van der Waals surface area contributed by atoms with Gasteiger partial charge in [-0.1, -0.05) is 43.7 Å². The van der Waals surface area contributed by atoms with Crippen LogP contribution in [0, 0.1) is 12.8 Å². The quantitative estimate of drug-likeness (QED) is 0.426. The largest absolute Gasteiger partial charge is 0.497 e. The van der Waals surface area contributed by atoms with Gasteiger partial charge in [0.25, 0.3) is 15.9 Å². The van der Waals surface area contributed by atoms with E-state index >= 15 is 0 Å². The molecule has 0 aliphatic rings. The fourth-order valence-electron chi connectivity index (χ4n) is 3.40. The molecule has 0 spiro atoms. The molecule has 3 aromatic carbocycles. The zero-order valence-corrected chi connectivity index (χ0v) is 21.6. The molecule has 9 heteroatoms. The molecule has 190 valence electrons. The van der Waals surface area contributed by atoms with Gasteiger partial charge in [-0.3, -0.25) is 13.9 Å². The lowest BCUT2D eigenvalue weighted by molar-refractivity contribution is -0.114. The lowest BCUT2D eigenvalue weighted by Crippen LogP contribution is -2.38. The summed E-state index contributed by atoms with van der Waals surface area (Å²) in [5.41, 5.74) is 1.81. The van der Waals surface area contributed by atoms with Crippen LogP contribution in [-0.2, 0) is 14.8 Å². The first-order chi connectivity index (χ1) is 17.1. The Bertz CT molecular complexity index is 1300. The number of aryl methyl sites for hydroxylation is 1. The number of methoxy groups -OCH3 is 1. The van der Waals surface area contributed by atoms with E-state index in [9.17, 15) is 18.0 Å². The van der Waals surface area contributed by atoms with E-state index in [0.717, 1.165) is 9.87 Å². The Morgan fingerprint density at radius 2 is 1.58 bits per heavy atom. The number of anilines is 2. The molecular weight excluding hydrogens is 478 g/mol. The minimum Gasteiger partial charge on any atom is -0.497 e. The molecule has 0 atom stereocenters. The second-order valence-electron chi connectivity index (χ2n) is 8.72. The van der Waals surface area contributed by atoms with Gasteiger partial charge in [-0.05, 0) is 61.4 Å². The van der Waals surface area contributed by atoms with E-state index in [1.807, 2.05) is 20.8 Å². The van der Waals surface area contributed by atoms with Gasteiger partial charge < -0.3 is 15.4 Å². The van der Waals surface area contributed by atoms with E-state index in [-0.39, 0.29) is 16.7 Å². The molecule has 0 aliphatic heterocycles. The number of benzene rings is 3. The van der Waals surface area contributed by atoms with E-state index in [0.29, 0.717) is 29.2 Å². The van der Waals surface area contributed by atoms with Gasteiger partial charge in [0.05, 0.1) is 28.9 Å². The van der Waals surface area contributed by atoms with E-state index in [1.165, 1.54) is 19.2 Å². The summed E-state index contributed by atoms with van der Waals surface area (Å²) in [6, 6.07) is 19.4. The highest BCUT2D eigenvalue weighted by molar-refractivity contribution is 7.92. The molecule has 0 heterocycles. The van der Waals surface area contributed by atoms with E-state index in [4.69, 9.17) is 4.74 Å². The number of carbonyl (C=O) groups is 2. The van der Waals surface area contributed by atoms with Crippen molar-refractivity contribution in [2.75, 3.05) is 29.8 Å². The fraction of sp³-hybridized carbons (Fsp3) is 0.259. The molecule has 0 saturated carbocycles. The minimum atomic E-state index is -4.07. The highest BCUT2D eigenvalue weighted by Gasteiger charge is 2.28.